The molecule has 0 aliphatic carbocycles. The molecule has 0 unspecified atom stereocenters. The topological polar surface area (TPSA) is 21.3 Å². The summed E-state index contributed by atoms with van der Waals surface area (Å²) in [7, 11) is 0. The van der Waals surface area contributed by atoms with Gasteiger partial charge in [0.1, 0.15) is 17.3 Å². The van der Waals surface area contributed by atoms with Crippen LogP contribution < -0.4 is 10.1 Å². The smallest absolute Gasteiger partial charge is 0.131 e. The Bertz CT molecular complexity index is 620. The van der Waals surface area contributed by atoms with Gasteiger partial charge in [-0.1, -0.05) is 18.2 Å². The lowest BCUT2D eigenvalue weighted by Gasteiger charge is -2.25. The summed E-state index contributed by atoms with van der Waals surface area (Å²) in [6.07, 6.45) is 2.23. The Morgan fingerprint density at radius 2 is 1.90 bits per heavy atom. The average Bonchev–Trinajstić information content (AvgIpc) is 2.48. The summed E-state index contributed by atoms with van der Waals surface area (Å²) in [6, 6.07) is 12.6. The summed E-state index contributed by atoms with van der Waals surface area (Å²) in [5.41, 5.74) is 2.38. The van der Waals surface area contributed by atoms with Crippen molar-refractivity contribution < 1.29 is 9.13 Å². The Hall–Kier alpha value is -1.87. The van der Waals surface area contributed by atoms with E-state index in [1.54, 1.807) is 12.1 Å². The molecule has 110 valence electrons. The fourth-order valence-electron chi connectivity index (χ4n) is 2.86. The minimum atomic E-state index is -0.274. The molecule has 1 heterocycles. The third-order valence-corrected chi connectivity index (χ3v) is 3.97. The van der Waals surface area contributed by atoms with Crippen molar-refractivity contribution in [2.75, 3.05) is 13.1 Å². The second-order valence-corrected chi connectivity index (χ2v) is 5.62. The summed E-state index contributed by atoms with van der Waals surface area (Å²) >= 11 is 0. The zero-order valence-electron chi connectivity index (χ0n) is 12.2. The zero-order chi connectivity index (χ0) is 14.7. The number of rotatable bonds is 3. The molecule has 1 N–H and O–H groups in total. The van der Waals surface area contributed by atoms with Gasteiger partial charge in [0.2, 0.25) is 0 Å². The number of halogens is 1. The number of piperidine rings is 1. The lowest BCUT2D eigenvalue weighted by molar-refractivity contribution is 0.428. The van der Waals surface area contributed by atoms with Gasteiger partial charge < -0.3 is 10.1 Å². The maximum Gasteiger partial charge on any atom is 0.131 e. The molecule has 0 amide bonds. The maximum atomic E-state index is 13.3. The Morgan fingerprint density at radius 1 is 1.10 bits per heavy atom. The molecule has 0 spiro atoms. The van der Waals surface area contributed by atoms with E-state index in [-0.39, 0.29) is 5.82 Å². The van der Waals surface area contributed by atoms with E-state index in [0.29, 0.717) is 11.7 Å². The number of aryl methyl sites for hydroxylation is 1. The van der Waals surface area contributed by atoms with Crippen molar-refractivity contribution >= 4 is 0 Å². The average molecular weight is 285 g/mol. The second-order valence-electron chi connectivity index (χ2n) is 5.62. The predicted octanol–water partition coefficient (Wildman–Crippen LogP) is 4.39. The van der Waals surface area contributed by atoms with Gasteiger partial charge in [-0.2, -0.15) is 0 Å². The molecule has 1 aliphatic heterocycles. The summed E-state index contributed by atoms with van der Waals surface area (Å²) < 4.78 is 19.3. The molecule has 2 aromatic rings. The highest BCUT2D eigenvalue weighted by Crippen LogP contribution is 2.35. The molecule has 0 bridgehead atoms. The van der Waals surface area contributed by atoms with E-state index >= 15 is 0 Å². The lowest BCUT2D eigenvalue weighted by atomic mass is 9.89. The van der Waals surface area contributed by atoms with Gasteiger partial charge in [-0.05, 0) is 68.1 Å². The van der Waals surface area contributed by atoms with Crippen molar-refractivity contribution in [3.05, 3.63) is 59.4 Å². The van der Waals surface area contributed by atoms with E-state index in [1.165, 1.54) is 17.7 Å². The van der Waals surface area contributed by atoms with Gasteiger partial charge in [-0.15, -0.1) is 0 Å². The highest BCUT2D eigenvalue weighted by Gasteiger charge is 2.19. The Balaban J connectivity index is 1.90. The molecule has 2 nitrogen and oxygen atoms in total. The van der Waals surface area contributed by atoms with Crippen LogP contribution in [0, 0.1) is 12.7 Å². The molecule has 0 radical (unpaired) electrons. The summed E-state index contributed by atoms with van der Waals surface area (Å²) in [5, 5.41) is 3.38. The van der Waals surface area contributed by atoms with Crippen LogP contribution >= 0.6 is 0 Å². The molecular formula is C18H20FNO. The molecular weight excluding hydrogens is 265 g/mol. The first-order valence-corrected chi connectivity index (χ1v) is 7.47. The third kappa shape index (κ3) is 3.42. The fraction of sp³-hybridized carbons (Fsp3) is 0.333. The predicted molar refractivity (Wildman–Crippen MR) is 82.5 cm³/mol. The first kappa shape index (κ1) is 14.1. The van der Waals surface area contributed by atoms with E-state index in [1.807, 2.05) is 13.0 Å². The summed E-state index contributed by atoms with van der Waals surface area (Å²) in [5.74, 6) is 1.64. The monoisotopic (exact) mass is 285 g/mol. The molecule has 1 aliphatic rings. The van der Waals surface area contributed by atoms with E-state index in [0.717, 1.165) is 37.2 Å². The van der Waals surface area contributed by atoms with E-state index in [4.69, 9.17) is 4.74 Å². The molecule has 2 aromatic carbocycles. The quantitative estimate of drug-likeness (QED) is 0.903. The normalized spacial score (nSPS) is 15.9. The van der Waals surface area contributed by atoms with Gasteiger partial charge in [0.15, 0.2) is 0 Å². The van der Waals surface area contributed by atoms with Gasteiger partial charge >= 0.3 is 0 Å². The van der Waals surface area contributed by atoms with Crippen molar-refractivity contribution in [3.63, 3.8) is 0 Å². The first-order chi connectivity index (χ1) is 10.2. The van der Waals surface area contributed by atoms with Gasteiger partial charge in [0.05, 0.1) is 0 Å². The Kier molecular flexibility index (Phi) is 4.20. The first-order valence-electron chi connectivity index (χ1n) is 7.47. The highest BCUT2D eigenvalue weighted by atomic mass is 19.1. The number of nitrogens with one attached hydrogen (secondary N) is 1. The molecule has 0 aromatic heterocycles. The lowest BCUT2D eigenvalue weighted by Crippen LogP contribution is -2.26. The van der Waals surface area contributed by atoms with Gasteiger partial charge in [-0.3, -0.25) is 0 Å². The van der Waals surface area contributed by atoms with Crippen LogP contribution in [0.1, 0.15) is 29.9 Å². The molecule has 3 rings (SSSR count). The van der Waals surface area contributed by atoms with Gasteiger partial charge in [0, 0.05) is 6.07 Å². The van der Waals surface area contributed by atoms with Crippen LogP contribution in [0.4, 0.5) is 4.39 Å². The minimum Gasteiger partial charge on any atom is -0.457 e. The number of benzene rings is 2. The maximum absolute atomic E-state index is 13.3. The molecule has 3 heteroatoms. The van der Waals surface area contributed by atoms with Crippen molar-refractivity contribution in [2.45, 2.75) is 25.7 Å². The largest absolute Gasteiger partial charge is 0.457 e. The van der Waals surface area contributed by atoms with E-state index in [9.17, 15) is 4.39 Å². The van der Waals surface area contributed by atoms with Crippen molar-refractivity contribution in [3.8, 4) is 11.5 Å². The van der Waals surface area contributed by atoms with Crippen LogP contribution in [-0.2, 0) is 0 Å². The third-order valence-electron chi connectivity index (χ3n) is 3.97. The zero-order valence-corrected chi connectivity index (χ0v) is 12.2. The molecule has 0 saturated carbocycles. The molecule has 0 atom stereocenters. The minimum absolute atomic E-state index is 0.274. The van der Waals surface area contributed by atoms with Crippen LogP contribution in [0.3, 0.4) is 0 Å². The molecule has 21 heavy (non-hydrogen) atoms. The summed E-state index contributed by atoms with van der Waals surface area (Å²) in [4.78, 5) is 0. The van der Waals surface area contributed by atoms with Gasteiger partial charge in [0.25, 0.3) is 0 Å². The highest BCUT2D eigenvalue weighted by molar-refractivity contribution is 5.42. The molecule has 1 saturated heterocycles. The molecule has 1 fully saturated rings. The standard InChI is InChI=1S/C18H20FNO/c1-13-5-6-17(14-7-9-20-10-8-14)18(11-13)21-16-4-2-3-15(19)12-16/h2-6,11-12,14,20H,7-10H2,1H3. The van der Waals surface area contributed by atoms with Crippen molar-refractivity contribution in [2.24, 2.45) is 0 Å². The van der Waals surface area contributed by atoms with Crippen LogP contribution in [0.2, 0.25) is 0 Å². The van der Waals surface area contributed by atoms with Crippen molar-refractivity contribution in [1.29, 1.82) is 0 Å². The fourth-order valence-corrected chi connectivity index (χ4v) is 2.86. The summed E-state index contributed by atoms with van der Waals surface area (Å²) in [6.45, 7) is 4.13. The van der Waals surface area contributed by atoms with Crippen LogP contribution in [0.15, 0.2) is 42.5 Å². The van der Waals surface area contributed by atoms with Crippen LogP contribution in [-0.4, -0.2) is 13.1 Å². The second kappa shape index (κ2) is 6.27. The Labute approximate surface area is 125 Å². The van der Waals surface area contributed by atoms with Crippen molar-refractivity contribution in [1.82, 2.24) is 5.32 Å². The number of hydrogen-bond donors (Lipinski definition) is 1. The number of hydrogen-bond acceptors (Lipinski definition) is 2. The number of ether oxygens (including phenoxy) is 1. The Morgan fingerprint density at radius 3 is 2.67 bits per heavy atom. The van der Waals surface area contributed by atoms with E-state index < -0.39 is 0 Å². The SMILES string of the molecule is Cc1ccc(C2CCNCC2)c(Oc2cccc(F)c2)c1. The van der Waals surface area contributed by atoms with E-state index in [2.05, 4.69) is 17.4 Å². The van der Waals surface area contributed by atoms with Crippen LogP contribution in [0.25, 0.3) is 0 Å². The van der Waals surface area contributed by atoms with Gasteiger partial charge in [-0.25, -0.2) is 4.39 Å². The van der Waals surface area contributed by atoms with Crippen LogP contribution in [0.5, 0.6) is 11.5 Å².